The van der Waals surface area contributed by atoms with E-state index >= 15 is 0 Å². The molecule has 3 heteroatoms. The van der Waals surface area contributed by atoms with Gasteiger partial charge in [-0.15, -0.1) is 0 Å². The SMILES string of the molecule is CCC1NC(=O)c2cc(Br)ccc21. The standard InChI is InChI=1S/C10H10BrNO/c1-2-9-7-4-3-6(11)5-8(7)10(13)12-9/h3-5,9H,2H2,1H3,(H,12,13). The number of nitrogens with one attached hydrogen (secondary N) is 1. The minimum atomic E-state index is 0.0446. The van der Waals surface area contributed by atoms with Crippen molar-refractivity contribution in [1.29, 1.82) is 0 Å². The Hall–Kier alpha value is -0.830. The number of rotatable bonds is 1. The summed E-state index contributed by atoms with van der Waals surface area (Å²) >= 11 is 3.35. The lowest BCUT2D eigenvalue weighted by Crippen LogP contribution is -2.17. The molecule has 0 saturated heterocycles. The highest BCUT2D eigenvalue weighted by Crippen LogP contribution is 2.29. The predicted octanol–water partition coefficient (Wildman–Crippen LogP) is 2.64. The van der Waals surface area contributed by atoms with Crippen molar-refractivity contribution in [3.8, 4) is 0 Å². The van der Waals surface area contributed by atoms with Crippen LogP contribution in [0.15, 0.2) is 22.7 Å². The van der Waals surface area contributed by atoms with Crippen LogP contribution in [-0.2, 0) is 0 Å². The van der Waals surface area contributed by atoms with E-state index in [4.69, 9.17) is 0 Å². The van der Waals surface area contributed by atoms with Crippen molar-refractivity contribution in [1.82, 2.24) is 5.32 Å². The van der Waals surface area contributed by atoms with Gasteiger partial charge in [0, 0.05) is 10.0 Å². The smallest absolute Gasteiger partial charge is 0.252 e. The molecule has 0 aromatic heterocycles. The number of halogens is 1. The number of carbonyl (C=O) groups is 1. The number of benzene rings is 1. The molecule has 0 spiro atoms. The van der Waals surface area contributed by atoms with Gasteiger partial charge < -0.3 is 5.32 Å². The van der Waals surface area contributed by atoms with E-state index in [1.807, 2.05) is 18.2 Å². The third-order valence-corrected chi connectivity index (χ3v) is 2.84. The third kappa shape index (κ3) is 1.37. The molecule has 0 bridgehead atoms. The van der Waals surface area contributed by atoms with Crippen molar-refractivity contribution in [2.45, 2.75) is 19.4 Å². The maximum absolute atomic E-state index is 11.5. The van der Waals surface area contributed by atoms with Crippen LogP contribution in [0.1, 0.15) is 35.3 Å². The zero-order valence-corrected chi connectivity index (χ0v) is 8.89. The first kappa shape index (κ1) is 8.75. The Labute approximate surface area is 85.5 Å². The fourth-order valence-corrected chi connectivity index (χ4v) is 2.03. The predicted molar refractivity (Wildman–Crippen MR) is 54.6 cm³/mol. The van der Waals surface area contributed by atoms with E-state index in [1.165, 1.54) is 0 Å². The normalized spacial score (nSPS) is 19.8. The molecule has 2 nitrogen and oxygen atoms in total. The molecule has 1 atom stereocenters. The second-order valence-corrected chi connectivity index (χ2v) is 4.08. The minimum absolute atomic E-state index is 0.0446. The van der Waals surface area contributed by atoms with E-state index in [0.29, 0.717) is 0 Å². The summed E-state index contributed by atoms with van der Waals surface area (Å²) in [5.41, 5.74) is 1.93. The molecule has 0 saturated carbocycles. The van der Waals surface area contributed by atoms with Crippen LogP contribution in [0.3, 0.4) is 0 Å². The zero-order valence-electron chi connectivity index (χ0n) is 7.30. The molecule has 1 aromatic carbocycles. The molecule has 1 aliphatic heterocycles. The van der Waals surface area contributed by atoms with Crippen LogP contribution in [0.25, 0.3) is 0 Å². The number of amides is 1. The Bertz CT molecular complexity index is 362. The largest absolute Gasteiger partial charge is 0.345 e. The molecule has 2 rings (SSSR count). The van der Waals surface area contributed by atoms with Gasteiger partial charge in [-0.3, -0.25) is 4.79 Å². The third-order valence-electron chi connectivity index (χ3n) is 2.35. The summed E-state index contributed by atoms with van der Waals surface area (Å²) in [6.45, 7) is 2.07. The van der Waals surface area contributed by atoms with E-state index in [0.717, 1.165) is 22.0 Å². The number of fused-ring (bicyclic) bond motifs is 1. The lowest BCUT2D eigenvalue weighted by Gasteiger charge is -2.06. The molecular weight excluding hydrogens is 230 g/mol. The lowest BCUT2D eigenvalue weighted by atomic mass is 10.0. The number of hydrogen-bond acceptors (Lipinski definition) is 1. The maximum Gasteiger partial charge on any atom is 0.252 e. The van der Waals surface area contributed by atoms with E-state index in [2.05, 4.69) is 28.2 Å². The van der Waals surface area contributed by atoms with E-state index < -0.39 is 0 Å². The molecule has 68 valence electrons. The van der Waals surface area contributed by atoms with Crippen LogP contribution in [-0.4, -0.2) is 5.91 Å². The first-order valence-electron chi connectivity index (χ1n) is 4.32. The van der Waals surface area contributed by atoms with Crippen LogP contribution in [0.2, 0.25) is 0 Å². The minimum Gasteiger partial charge on any atom is -0.345 e. The Morgan fingerprint density at radius 1 is 1.54 bits per heavy atom. The molecule has 0 radical (unpaired) electrons. The van der Waals surface area contributed by atoms with Crippen LogP contribution < -0.4 is 5.32 Å². The van der Waals surface area contributed by atoms with Crippen LogP contribution in [0.4, 0.5) is 0 Å². The first-order valence-corrected chi connectivity index (χ1v) is 5.12. The number of hydrogen-bond donors (Lipinski definition) is 1. The second kappa shape index (κ2) is 3.14. The molecule has 1 aromatic rings. The lowest BCUT2D eigenvalue weighted by molar-refractivity contribution is 0.0955. The molecule has 13 heavy (non-hydrogen) atoms. The van der Waals surface area contributed by atoms with Crippen LogP contribution >= 0.6 is 15.9 Å². The van der Waals surface area contributed by atoms with Gasteiger partial charge in [0.25, 0.3) is 5.91 Å². The van der Waals surface area contributed by atoms with E-state index in [-0.39, 0.29) is 11.9 Å². The van der Waals surface area contributed by atoms with Crippen molar-refractivity contribution in [2.24, 2.45) is 0 Å². The highest BCUT2D eigenvalue weighted by Gasteiger charge is 2.26. The average Bonchev–Trinajstić information content (AvgIpc) is 2.43. The summed E-state index contributed by atoms with van der Waals surface area (Å²) in [4.78, 5) is 11.5. The van der Waals surface area contributed by atoms with Crippen molar-refractivity contribution in [3.63, 3.8) is 0 Å². The van der Waals surface area contributed by atoms with Crippen molar-refractivity contribution < 1.29 is 4.79 Å². The highest BCUT2D eigenvalue weighted by molar-refractivity contribution is 9.10. The van der Waals surface area contributed by atoms with Crippen LogP contribution in [0, 0.1) is 0 Å². The zero-order chi connectivity index (χ0) is 9.42. The summed E-state index contributed by atoms with van der Waals surface area (Å²) in [6, 6.07) is 6.06. The summed E-state index contributed by atoms with van der Waals surface area (Å²) < 4.78 is 0.957. The van der Waals surface area contributed by atoms with Gasteiger partial charge in [0.05, 0.1) is 6.04 Å². The van der Waals surface area contributed by atoms with Gasteiger partial charge in [0.1, 0.15) is 0 Å². The van der Waals surface area contributed by atoms with Gasteiger partial charge in [-0.25, -0.2) is 0 Å². The Kier molecular flexibility index (Phi) is 2.12. The molecule has 1 aliphatic rings. The molecule has 0 fully saturated rings. The number of carbonyl (C=O) groups excluding carboxylic acids is 1. The van der Waals surface area contributed by atoms with Gasteiger partial charge in [0.15, 0.2) is 0 Å². The van der Waals surface area contributed by atoms with Gasteiger partial charge >= 0.3 is 0 Å². The molecular formula is C10H10BrNO. The highest BCUT2D eigenvalue weighted by atomic mass is 79.9. The fraction of sp³-hybridized carbons (Fsp3) is 0.300. The van der Waals surface area contributed by atoms with Crippen molar-refractivity contribution in [2.75, 3.05) is 0 Å². The van der Waals surface area contributed by atoms with Gasteiger partial charge in [-0.2, -0.15) is 0 Å². The maximum atomic E-state index is 11.5. The Morgan fingerprint density at radius 2 is 2.31 bits per heavy atom. The van der Waals surface area contributed by atoms with Crippen LogP contribution in [0.5, 0.6) is 0 Å². The monoisotopic (exact) mass is 239 g/mol. The Morgan fingerprint density at radius 3 is 3.00 bits per heavy atom. The molecule has 1 heterocycles. The van der Waals surface area contributed by atoms with Crippen molar-refractivity contribution >= 4 is 21.8 Å². The summed E-state index contributed by atoms with van der Waals surface area (Å²) in [5.74, 6) is 0.0446. The van der Waals surface area contributed by atoms with E-state index in [9.17, 15) is 4.79 Å². The molecule has 0 aliphatic carbocycles. The summed E-state index contributed by atoms with van der Waals surface area (Å²) in [6.07, 6.45) is 0.945. The quantitative estimate of drug-likeness (QED) is 0.803. The molecule has 1 amide bonds. The summed E-state index contributed by atoms with van der Waals surface area (Å²) in [5, 5.41) is 2.94. The van der Waals surface area contributed by atoms with Gasteiger partial charge in [0.2, 0.25) is 0 Å². The topological polar surface area (TPSA) is 29.1 Å². The van der Waals surface area contributed by atoms with Gasteiger partial charge in [-0.1, -0.05) is 28.9 Å². The van der Waals surface area contributed by atoms with Gasteiger partial charge in [-0.05, 0) is 24.1 Å². The first-order chi connectivity index (χ1) is 6.22. The average molecular weight is 240 g/mol. The summed E-state index contributed by atoms with van der Waals surface area (Å²) in [7, 11) is 0. The van der Waals surface area contributed by atoms with Crippen molar-refractivity contribution in [3.05, 3.63) is 33.8 Å². The Balaban J connectivity index is 2.52. The molecule has 1 N–H and O–H groups in total. The fourth-order valence-electron chi connectivity index (χ4n) is 1.66. The molecule has 1 unspecified atom stereocenters. The van der Waals surface area contributed by atoms with E-state index in [1.54, 1.807) is 0 Å². The second-order valence-electron chi connectivity index (χ2n) is 3.17.